The van der Waals surface area contributed by atoms with Crippen molar-refractivity contribution in [2.75, 3.05) is 7.05 Å². The Morgan fingerprint density at radius 2 is 2.00 bits per heavy atom. The Kier molecular flexibility index (Phi) is 3.14. The molecule has 0 aromatic carbocycles. The molecule has 1 amide bonds. The largest absolute Gasteiger partial charge is 0.410 e. The summed E-state index contributed by atoms with van der Waals surface area (Å²) in [6.07, 6.45) is -4.51. The number of rotatable bonds is 1. The molecule has 0 rings (SSSR count). The topological polar surface area (TPSA) is 29.1 Å². The third-order valence-corrected chi connectivity index (χ3v) is 1.70. The Hall–Kier alpha value is -0.260. The van der Waals surface area contributed by atoms with Gasteiger partial charge in [0.1, 0.15) is 0 Å². The van der Waals surface area contributed by atoms with Crippen molar-refractivity contribution in [2.45, 2.75) is 11.0 Å². The zero-order valence-electron chi connectivity index (χ0n) is 5.00. The maximum atomic E-state index is 11.6. The molecule has 0 aromatic heterocycles. The minimum atomic E-state index is -4.51. The van der Waals surface area contributed by atoms with Crippen molar-refractivity contribution in [3.05, 3.63) is 0 Å². The lowest BCUT2D eigenvalue weighted by atomic mass is 10.4. The number of amides is 1. The SMILES string of the molecule is CNC(=O)C(Br)C(F)(F)F. The van der Waals surface area contributed by atoms with E-state index < -0.39 is 16.9 Å². The fourth-order valence-corrected chi connectivity index (χ4v) is 0.504. The highest BCUT2D eigenvalue weighted by Crippen LogP contribution is 2.25. The van der Waals surface area contributed by atoms with Crippen LogP contribution in [0.25, 0.3) is 0 Å². The van der Waals surface area contributed by atoms with Crippen LogP contribution >= 0.6 is 15.9 Å². The average Bonchev–Trinajstić information content (AvgIpc) is 1.83. The second kappa shape index (κ2) is 3.23. The molecule has 10 heavy (non-hydrogen) atoms. The summed E-state index contributed by atoms with van der Waals surface area (Å²) < 4.78 is 34.7. The molecule has 0 spiro atoms. The molecule has 0 saturated carbocycles. The monoisotopic (exact) mass is 219 g/mol. The van der Waals surface area contributed by atoms with Gasteiger partial charge in [0.2, 0.25) is 5.91 Å². The number of hydrogen-bond donors (Lipinski definition) is 1. The number of nitrogens with one attached hydrogen (secondary N) is 1. The molecule has 0 aliphatic carbocycles. The quantitative estimate of drug-likeness (QED) is 0.657. The van der Waals surface area contributed by atoms with E-state index in [1.807, 2.05) is 5.32 Å². The van der Waals surface area contributed by atoms with Crippen molar-refractivity contribution < 1.29 is 18.0 Å². The van der Waals surface area contributed by atoms with Crippen molar-refractivity contribution >= 4 is 21.8 Å². The summed E-state index contributed by atoms with van der Waals surface area (Å²) in [5.74, 6) is -1.09. The molecule has 0 saturated heterocycles. The summed E-state index contributed by atoms with van der Waals surface area (Å²) in [6, 6.07) is 0. The van der Waals surface area contributed by atoms with E-state index in [-0.39, 0.29) is 0 Å². The van der Waals surface area contributed by atoms with Crippen molar-refractivity contribution in [1.29, 1.82) is 0 Å². The standard InChI is InChI=1S/C4H5BrF3NO/c1-9-3(10)2(5)4(6,7)8/h2H,1H3,(H,9,10). The zero-order valence-corrected chi connectivity index (χ0v) is 6.58. The molecule has 1 unspecified atom stereocenters. The van der Waals surface area contributed by atoms with Crippen LogP contribution in [0.1, 0.15) is 0 Å². The van der Waals surface area contributed by atoms with E-state index >= 15 is 0 Å². The highest BCUT2D eigenvalue weighted by molar-refractivity contribution is 9.10. The lowest BCUT2D eigenvalue weighted by molar-refractivity contribution is -0.148. The van der Waals surface area contributed by atoms with Crippen LogP contribution < -0.4 is 5.32 Å². The van der Waals surface area contributed by atoms with Gasteiger partial charge in [-0.15, -0.1) is 0 Å². The van der Waals surface area contributed by atoms with E-state index in [2.05, 4.69) is 15.9 Å². The van der Waals surface area contributed by atoms with Gasteiger partial charge >= 0.3 is 6.18 Å². The molecule has 0 aliphatic rings. The van der Waals surface area contributed by atoms with E-state index in [1.54, 1.807) is 0 Å². The second-order valence-corrected chi connectivity index (χ2v) is 2.43. The molecule has 60 valence electrons. The van der Waals surface area contributed by atoms with Crippen LogP contribution in [0.15, 0.2) is 0 Å². The van der Waals surface area contributed by atoms with Crippen LogP contribution in [0.2, 0.25) is 0 Å². The van der Waals surface area contributed by atoms with E-state index in [0.29, 0.717) is 0 Å². The van der Waals surface area contributed by atoms with Crippen LogP contribution in [0.3, 0.4) is 0 Å². The Bertz CT molecular complexity index is 135. The minimum Gasteiger partial charge on any atom is -0.358 e. The predicted octanol–water partition coefficient (Wildman–Crippen LogP) is 1.06. The third-order valence-electron chi connectivity index (χ3n) is 0.764. The summed E-state index contributed by atoms with van der Waals surface area (Å²) in [5.41, 5.74) is 0. The zero-order chi connectivity index (χ0) is 8.36. The van der Waals surface area contributed by atoms with Crippen LogP contribution in [-0.2, 0) is 4.79 Å². The van der Waals surface area contributed by atoms with E-state index in [0.717, 1.165) is 7.05 Å². The van der Waals surface area contributed by atoms with E-state index in [1.165, 1.54) is 0 Å². The van der Waals surface area contributed by atoms with Gasteiger partial charge in [0.05, 0.1) is 0 Å². The Morgan fingerprint density at radius 3 is 2.10 bits per heavy atom. The molecule has 1 N–H and O–H groups in total. The summed E-state index contributed by atoms with van der Waals surface area (Å²) in [6.45, 7) is 0. The van der Waals surface area contributed by atoms with Gasteiger partial charge in [0, 0.05) is 7.05 Å². The minimum absolute atomic E-state index is 1.09. The molecule has 0 radical (unpaired) electrons. The van der Waals surface area contributed by atoms with E-state index in [4.69, 9.17) is 0 Å². The van der Waals surface area contributed by atoms with Crippen LogP contribution in [0.5, 0.6) is 0 Å². The Morgan fingerprint density at radius 1 is 1.60 bits per heavy atom. The first-order valence-corrected chi connectivity index (χ1v) is 3.23. The van der Waals surface area contributed by atoms with E-state index in [9.17, 15) is 18.0 Å². The van der Waals surface area contributed by atoms with Gasteiger partial charge in [-0.25, -0.2) is 0 Å². The number of carbonyl (C=O) groups is 1. The lowest BCUT2D eigenvalue weighted by Gasteiger charge is -2.11. The van der Waals surface area contributed by atoms with Crippen molar-refractivity contribution in [3.63, 3.8) is 0 Å². The molecule has 0 heterocycles. The highest BCUT2D eigenvalue weighted by Gasteiger charge is 2.42. The molecule has 6 heteroatoms. The van der Waals surface area contributed by atoms with Gasteiger partial charge in [-0.3, -0.25) is 4.79 Å². The first-order valence-electron chi connectivity index (χ1n) is 2.32. The number of alkyl halides is 4. The first-order chi connectivity index (χ1) is 4.39. The van der Waals surface area contributed by atoms with Crippen LogP contribution in [-0.4, -0.2) is 24.0 Å². The van der Waals surface area contributed by atoms with Crippen molar-refractivity contribution in [2.24, 2.45) is 0 Å². The summed E-state index contributed by atoms with van der Waals surface area (Å²) in [5, 5.41) is 1.87. The predicted molar refractivity (Wildman–Crippen MR) is 32.8 cm³/mol. The molecular weight excluding hydrogens is 215 g/mol. The molecule has 0 fully saturated rings. The summed E-state index contributed by atoms with van der Waals surface area (Å²) in [7, 11) is 1.14. The molecule has 0 aliphatic heterocycles. The van der Waals surface area contributed by atoms with Gasteiger partial charge < -0.3 is 5.32 Å². The Balaban J connectivity index is 4.08. The van der Waals surface area contributed by atoms with Gasteiger partial charge in [0.15, 0.2) is 4.83 Å². The lowest BCUT2D eigenvalue weighted by Crippen LogP contribution is -2.38. The molecule has 1 atom stereocenters. The highest BCUT2D eigenvalue weighted by atomic mass is 79.9. The van der Waals surface area contributed by atoms with Gasteiger partial charge in [-0.05, 0) is 0 Å². The van der Waals surface area contributed by atoms with Crippen molar-refractivity contribution in [3.8, 4) is 0 Å². The normalized spacial score (nSPS) is 14.5. The maximum absolute atomic E-state index is 11.6. The summed E-state index contributed by atoms with van der Waals surface area (Å²) >= 11 is 2.19. The summed E-state index contributed by atoms with van der Waals surface area (Å²) in [4.78, 5) is 8.17. The fourth-order valence-electron chi connectivity index (χ4n) is 0.275. The third kappa shape index (κ3) is 2.55. The fraction of sp³-hybridized carbons (Fsp3) is 0.750. The van der Waals surface area contributed by atoms with Gasteiger partial charge in [0.25, 0.3) is 0 Å². The number of halogens is 4. The second-order valence-electron chi connectivity index (χ2n) is 1.52. The van der Waals surface area contributed by atoms with Crippen LogP contribution in [0, 0.1) is 0 Å². The number of hydrogen-bond acceptors (Lipinski definition) is 1. The van der Waals surface area contributed by atoms with Crippen LogP contribution in [0.4, 0.5) is 13.2 Å². The molecule has 0 aromatic rings. The van der Waals surface area contributed by atoms with Gasteiger partial charge in [-0.2, -0.15) is 13.2 Å². The Labute approximate surface area is 63.9 Å². The molecular formula is C4H5BrF3NO. The van der Waals surface area contributed by atoms with Gasteiger partial charge in [-0.1, -0.05) is 15.9 Å². The molecule has 0 bridgehead atoms. The smallest absolute Gasteiger partial charge is 0.358 e. The van der Waals surface area contributed by atoms with Crippen molar-refractivity contribution in [1.82, 2.24) is 5.32 Å². The molecule has 2 nitrogen and oxygen atoms in total. The average molecular weight is 220 g/mol. The maximum Gasteiger partial charge on any atom is 0.410 e. The number of carbonyl (C=O) groups excluding carboxylic acids is 1. The first kappa shape index (κ1) is 9.74.